The molecule has 2 heteroatoms. The second-order valence-electron chi connectivity index (χ2n) is 5.01. The fraction of sp³-hybridized carbons (Fsp3) is 0. The lowest BCUT2D eigenvalue weighted by Crippen LogP contribution is -1.79. The van der Waals surface area contributed by atoms with Crippen molar-refractivity contribution >= 4 is 29.3 Å². The van der Waals surface area contributed by atoms with Crippen LogP contribution in [-0.4, -0.2) is 6.29 Å². The Morgan fingerprint density at radius 2 is 1.19 bits per heavy atom. The molecule has 2 aromatic carbocycles. The lowest BCUT2D eigenvalue weighted by molar-refractivity contribution is 0.112. The van der Waals surface area contributed by atoms with E-state index in [0.29, 0.717) is 0 Å². The summed E-state index contributed by atoms with van der Waals surface area (Å²) in [6.07, 6.45) is 3.09. The van der Waals surface area contributed by atoms with Crippen molar-refractivity contribution in [3.05, 3.63) is 81.5 Å². The SMILES string of the molecule is O=Cc1ccc(C=C2c3ccccc3-c3ccccc32)s1. The van der Waals surface area contributed by atoms with E-state index in [2.05, 4.69) is 54.6 Å². The molecule has 0 aliphatic heterocycles. The summed E-state index contributed by atoms with van der Waals surface area (Å²) in [5, 5.41) is 0. The van der Waals surface area contributed by atoms with Gasteiger partial charge in [-0.15, -0.1) is 11.3 Å². The summed E-state index contributed by atoms with van der Waals surface area (Å²) in [4.78, 5) is 12.7. The van der Waals surface area contributed by atoms with Crippen LogP contribution in [0.1, 0.15) is 25.7 Å². The van der Waals surface area contributed by atoms with E-state index in [1.54, 1.807) is 0 Å². The van der Waals surface area contributed by atoms with Crippen molar-refractivity contribution in [3.63, 3.8) is 0 Å². The highest BCUT2D eigenvalue weighted by atomic mass is 32.1. The van der Waals surface area contributed by atoms with Crippen molar-refractivity contribution in [3.8, 4) is 11.1 Å². The van der Waals surface area contributed by atoms with Gasteiger partial charge in [0.25, 0.3) is 0 Å². The molecule has 0 N–H and O–H groups in total. The minimum atomic E-state index is 0.765. The molecule has 4 rings (SSSR count). The first-order valence-electron chi connectivity index (χ1n) is 6.83. The number of benzene rings is 2. The van der Waals surface area contributed by atoms with Gasteiger partial charge < -0.3 is 0 Å². The summed E-state index contributed by atoms with van der Waals surface area (Å²) in [5.41, 5.74) is 6.33. The van der Waals surface area contributed by atoms with Gasteiger partial charge in [0, 0.05) is 4.88 Å². The Morgan fingerprint density at radius 1 is 0.667 bits per heavy atom. The summed E-state index contributed by atoms with van der Waals surface area (Å²) in [6, 6.07) is 20.8. The fourth-order valence-electron chi connectivity index (χ4n) is 2.86. The first kappa shape index (κ1) is 12.3. The summed E-state index contributed by atoms with van der Waals surface area (Å²) in [5.74, 6) is 0. The highest BCUT2D eigenvalue weighted by molar-refractivity contribution is 7.14. The Bertz CT molecular complexity index is 823. The molecule has 0 spiro atoms. The number of rotatable bonds is 2. The van der Waals surface area contributed by atoms with Crippen molar-refractivity contribution < 1.29 is 4.79 Å². The first-order chi connectivity index (χ1) is 10.4. The molecule has 21 heavy (non-hydrogen) atoms. The Kier molecular flexibility index (Phi) is 2.83. The Morgan fingerprint density at radius 3 is 1.71 bits per heavy atom. The second kappa shape index (κ2) is 4.83. The van der Waals surface area contributed by atoms with E-state index in [1.807, 2.05) is 12.1 Å². The van der Waals surface area contributed by atoms with E-state index >= 15 is 0 Å². The highest BCUT2D eigenvalue weighted by Crippen LogP contribution is 2.44. The van der Waals surface area contributed by atoms with Crippen LogP contribution >= 0.6 is 11.3 Å². The van der Waals surface area contributed by atoms with Crippen LogP contribution < -0.4 is 0 Å². The van der Waals surface area contributed by atoms with Gasteiger partial charge in [0.05, 0.1) is 4.88 Å². The minimum Gasteiger partial charge on any atom is -0.297 e. The molecule has 0 fully saturated rings. The van der Waals surface area contributed by atoms with Crippen molar-refractivity contribution in [2.24, 2.45) is 0 Å². The summed E-state index contributed by atoms with van der Waals surface area (Å²) < 4.78 is 0. The van der Waals surface area contributed by atoms with Gasteiger partial charge in [0.2, 0.25) is 0 Å². The van der Waals surface area contributed by atoms with Gasteiger partial charge in [0.15, 0.2) is 6.29 Å². The van der Waals surface area contributed by atoms with Gasteiger partial charge in [-0.1, -0.05) is 48.5 Å². The molecule has 0 saturated heterocycles. The Hall–Kier alpha value is -2.45. The number of carbonyl (C=O) groups excluding carboxylic acids is 1. The predicted octanol–water partition coefficient (Wildman–Crippen LogP) is 5.13. The second-order valence-corrected chi connectivity index (χ2v) is 6.15. The van der Waals surface area contributed by atoms with Gasteiger partial charge in [0.1, 0.15) is 0 Å². The maximum absolute atomic E-state index is 10.8. The molecular formula is C19H12OS. The molecule has 100 valence electrons. The minimum absolute atomic E-state index is 0.765. The van der Waals surface area contributed by atoms with Crippen molar-refractivity contribution in [1.82, 2.24) is 0 Å². The standard InChI is InChI=1S/C19H12OS/c20-12-14-10-9-13(21-14)11-19-17-7-3-1-5-15(17)16-6-2-4-8-18(16)19/h1-12H. The smallest absolute Gasteiger partial charge is 0.160 e. The summed E-state index contributed by atoms with van der Waals surface area (Å²) in [6.45, 7) is 0. The van der Waals surface area contributed by atoms with Crippen LogP contribution in [0.25, 0.3) is 22.8 Å². The number of aldehydes is 1. The molecule has 0 saturated carbocycles. The number of fused-ring (bicyclic) bond motifs is 3. The maximum Gasteiger partial charge on any atom is 0.160 e. The summed E-state index contributed by atoms with van der Waals surface area (Å²) in [7, 11) is 0. The lowest BCUT2D eigenvalue weighted by atomic mass is 10.0. The molecule has 1 aliphatic carbocycles. The molecule has 0 amide bonds. The molecule has 1 nitrogen and oxygen atoms in total. The van der Waals surface area contributed by atoms with Crippen LogP contribution in [0.4, 0.5) is 0 Å². The number of carbonyl (C=O) groups is 1. The molecule has 1 aliphatic rings. The zero-order valence-corrected chi connectivity index (χ0v) is 12.1. The molecule has 0 radical (unpaired) electrons. The van der Waals surface area contributed by atoms with E-state index < -0.39 is 0 Å². The largest absolute Gasteiger partial charge is 0.297 e. The van der Waals surface area contributed by atoms with Crippen molar-refractivity contribution in [2.45, 2.75) is 0 Å². The Labute approximate surface area is 127 Å². The third-order valence-electron chi connectivity index (χ3n) is 3.77. The zero-order chi connectivity index (χ0) is 14.2. The van der Waals surface area contributed by atoms with Crippen LogP contribution in [-0.2, 0) is 0 Å². The van der Waals surface area contributed by atoms with Gasteiger partial charge in [-0.25, -0.2) is 0 Å². The van der Waals surface area contributed by atoms with Crippen LogP contribution in [0.3, 0.4) is 0 Å². The van der Waals surface area contributed by atoms with Crippen LogP contribution in [0.2, 0.25) is 0 Å². The van der Waals surface area contributed by atoms with Crippen LogP contribution in [0.5, 0.6) is 0 Å². The van der Waals surface area contributed by atoms with Gasteiger partial charge in [-0.3, -0.25) is 4.79 Å². The first-order valence-corrected chi connectivity index (χ1v) is 7.64. The van der Waals surface area contributed by atoms with Crippen LogP contribution in [0, 0.1) is 0 Å². The summed E-state index contributed by atoms with van der Waals surface area (Å²) >= 11 is 1.52. The highest BCUT2D eigenvalue weighted by Gasteiger charge is 2.22. The quantitative estimate of drug-likeness (QED) is 0.467. The average molecular weight is 288 g/mol. The van der Waals surface area contributed by atoms with Gasteiger partial charge in [-0.05, 0) is 46.0 Å². The number of thiophene rings is 1. The van der Waals surface area contributed by atoms with Gasteiger partial charge in [-0.2, -0.15) is 0 Å². The lowest BCUT2D eigenvalue weighted by Gasteiger charge is -2.01. The van der Waals surface area contributed by atoms with Crippen molar-refractivity contribution in [2.75, 3.05) is 0 Å². The molecular weight excluding hydrogens is 276 g/mol. The molecule has 0 bridgehead atoms. The van der Waals surface area contributed by atoms with Crippen LogP contribution in [0.15, 0.2) is 60.7 Å². The van der Waals surface area contributed by atoms with E-state index in [-0.39, 0.29) is 0 Å². The number of hydrogen-bond donors (Lipinski definition) is 0. The molecule has 3 aromatic rings. The molecule has 1 aromatic heterocycles. The molecule has 0 unspecified atom stereocenters. The fourth-order valence-corrected chi connectivity index (χ4v) is 3.63. The predicted molar refractivity (Wildman–Crippen MR) is 88.6 cm³/mol. The third-order valence-corrected chi connectivity index (χ3v) is 4.73. The zero-order valence-electron chi connectivity index (χ0n) is 11.2. The molecule has 1 heterocycles. The maximum atomic E-state index is 10.8. The van der Waals surface area contributed by atoms with Crippen molar-refractivity contribution in [1.29, 1.82) is 0 Å². The van der Waals surface area contributed by atoms with E-state index in [0.717, 1.165) is 16.0 Å². The molecule has 0 atom stereocenters. The topological polar surface area (TPSA) is 17.1 Å². The average Bonchev–Trinajstić information content (AvgIpc) is 3.12. The monoisotopic (exact) mass is 288 g/mol. The van der Waals surface area contributed by atoms with E-state index in [4.69, 9.17) is 0 Å². The number of hydrogen-bond acceptors (Lipinski definition) is 2. The van der Waals surface area contributed by atoms with E-state index in [9.17, 15) is 4.79 Å². The van der Waals surface area contributed by atoms with Gasteiger partial charge >= 0.3 is 0 Å². The normalized spacial score (nSPS) is 11.9. The third kappa shape index (κ3) is 1.96. The Balaban J connectivity index is 1.94. The van der Waals surface area contributed by atoms with E-state index in [1.165, 1.54) is 39.2 Å².